The average Bonchev–Trinajstić information content (AvgIpc) is 2.84. The van der Waals surface area contributed by atoms with Gasteiger partial charge in [-0.3, -0.25) is 4.79 Å². The number of halogens is 1. The van der Waals surface area contributed by atoms with Gasteiger partial charge in [0.2, 0.25) is 0 Å². The molecule has 106 valence electrons. The molecule has 0 aliphatic heterocycles. The van der Waals surface area contributed by atoms with Gasteiger partial charge in [-0.15, -0.1) is 0 Å². The minimum absolute atomic E-state index is 0.250. The highest BCUT2D eigenvalue weighted by molar-refractivity contribution is 6.33. The van der Waals surface area contributed by atoms with E-state index in [0.29, 0.717) is 22.9 Å². The van der Waals surface area contributed by atoms with Gasteiger partial charge in [0.1, 0.15) is 11.6 Å². The molecule has 0 fully saturated rings. The van der Waals surface area contributed by atoms with Crippen LogP contribution in [0.15, 0.2) is 24.7 Å². The Balaban J connectivity index is 2.08. The quantitative estimate of drug-likeness (QED) is 0.882. The first-order chi connectivity index (χ1) is 9.61. The number of hydrogen-bond acceptors (Lipinski definition) is 4. The third-order valence-electron chi connectivity index (χ3n) is 2.79. The third-order valence-corrected chi connectivity index (χ3v) is 3.09. The van der Waals surface area contributed by atoms with Crippen LogP contribution in [0, 0.1) is 0 Å². The lowest BCUT2D eigenvalue weighted by Gasteiger charge is -2.09. The molecule has 0 aliphatic rings. The number of aryl methyl sites for hydroxylation is 1. The second kappa shape index (κ2) is 6.38. The first-order valence-electron chi connectivity index (χ1n) is 6.25. The van der Waals surface area contributed by atoms with E-state index in [1.807, 2.05) is 24.7 Å². The van der Waals surface area contributed by atoms with Gasteiger partial charge in [0, 0.05) is 32.2 Å². The zero-order chi connectivity index (χ0) is 14.5. The first-order valence-corrected chi connectivity index (χ1v) is 6.63. The summed E-state index contributed by atoms with van der Waals surface area (Å²) in [4.78, 5) is 20.4. The molecule has 0 aromatic carbocycles. The SMILES string of the molecule is CCNc1cc(C(=O)NCc2nccn2C)c(Cl)cn1. The van der Waals surface area contributed by atoms with Crippen molar-refractivity contribution >= 4 is 23.3 Å². The Kier molecular flexibility index (Phi) is 4.57. The minimum atomic E-state index is -0.250. The summed E-state index contributed by atoms with van der Waals surface area (Å²) >= 11 is 6.01. The Bertz CT molecular complexity index is 611. The fourth-order valence-electron chi connectivity index (χ4n) is 1.71. The molecule has 1 amide bonds. The molecule has 0 radical (unpaired) electrons. The summed E-state index contributed by atoms with van der Waals surface area (Å²) in [5.74, 6) is 1.15. The summed E-state index contributed by atoms with van der Waals surface area (Å²) < 4.78 is 1.85. The van der Waals surface area contributed by atoms with E-state index in [2.05, 4.69) is 20.6 Å². The van der Waals surface area contributed by atoms with Crippen molar-refractivity contribution in [2.24, 2.45) is 7.05 Å². The van der Waals surface area contributed by atoms with Gasteiger partial charge < -0.3 is 15.2 Å². The van der Waals surface area contributed by atoms with Crippen LogP contribution in [-0.2, 0) is 13.6 Å². The average molecular weight is 294 g/mol. The summed E-state index contributed by atoms with van der Waals surface area (Å²) in [5, 5.41) is 6.16. The number of carbonyl (C=O) groups excluding carboxylic acids is 1. The predicted molar refractivity (Wildman–Crippen MR) is 77.8 cm³/mol. The maximum Gasteiger partial charge on any atom is 0.253 e. The van der Waals surface area contributed by atoms with Gasteiger partial charge in [-0.05, 0) is 13.0 Å². The van der Waals surface area contributed by atoms with Gasteiger partial charge in [-0.1, -0.05) is 11.6 Å². The van der Waals surface area contributed by atoms with Crippen molar-refractivity contribution in [2.75, 3.05) is 11.9 Å². The van der Waals surface area contributed by atoms with Gasteiger partial charge in [0.05, 0.1) is 17.1 Å². The van der Waals surface area contributed by atoms with Crippen molar-refractivity contribution in [1.29, 1.82) is 0 Å². The van der Waals surface area contributed by atoms with E-state index in [-0.39, 0.29) is 5.91 Å². The lowest BCUT2D eigenvalue weighted by Crippen LogP contribution is -2.25. The largest absolute Gasteiger partial charge is 0.370 e. The topological polar surface area (TPSA) is 71.8 Å². The number of pyridine rings is 1. The van der Waals surface area contributed by atoms with Crippen LogP contribution in [-0.4, -0.2) is 27.0 Å². The van der Waals surface area contributed by atoms with Gasteiger partial charge in [0.25, 0.3) is 5.91 Å². The molecule has 0 saturated carbocycles. The minimum Gasteiger partial charge on any atom is -0.370 e. The number of anilines is 1. The highest BCUT2D eigenvalue weighted by Gasteiger charge is 2.12. The number of nitrogens with one attached hydrogen (secondary N) is 2. The van der Waals surface area contributed by atoms with Gasteiger partial charge in [-0.2, -0.15) is 0 Å². The number of aromatic nitrogens is 3. The molecule has 7 heteroatoms. The van der Waals surface area contributed by atoms with E-state index in [0.717, 1.165) is 12.4 Å². The lowest BCUT2D eigenvalue weighted by atomic mass is 10.2. The molecule has 2 aromatic heterocycles. The van der Waals surface area contributed by atoms with E-state index in [4.69, 9.17) is 11.6 Å². The first kappa shape index (κ1) is 14.3. The van der Waals surface area contributed by atoms with Crippen LogP contribution in [0.5, 0.6) is 0 Å². The van der Waals surface area contributed by atoms with Crippen molar-refractivity contribution in [3.8, 4) is 0 Å². The van der Waals surface area contributed by atoms with Crippen molar-refractivity contribution in [3.63, 3.8) is 0 Å². The molecule has 20 heavy (non-hydrogen) atoms. The number of rotatable bonds is 5. The summed E-state index contributed by atoms with van der Waals surface area (Å²) in [6.07, 6.45) is 4.98. The Hall–Kier alpha value is -2.08. The molecular weight excluding hydrogens is 278 g/mol. The van der Waals surface area contributed by atoms with Crippen LogP contribution < -0.4 is 10.6 Å². The van der Waals surface area contributed by atoms with E-state index in [9.17, 15) is 4.79 Å². The standard InChI is InChI=1S/C13H16ClN5O/c1-3-15-11-6-9(10(14)7-17-11)13(20)18-8-12-16-4-5-19(12)2/h4-7H,3,8H2,1-2H3,(H,15,17)(H,18,20). The molecule has 2 heterocycles. The van der Waals surface area contributed by atoms with Crippen LogP contribution in [0.2, 0.25) is 5.02 Å². The molecule has 0 atom stereocenters. The Morgan fingerprint density at radius 2 is 2.25 bits per heavy atom. The van der Waals surface area contributed by atoms with Crippen LogP contribution in [0.4, 0.5) is 5.82 Å². The van der Waals surface area contributed by atoms with E-state index in [1.165, 1.54) is 6.20 Å². The maximum atomic E-state index is 12.1. The number of nitrogens with zero attached hydrogens (tertiary/aromatic N) is 3. The molecule has 2 rings (SSSR count). The molecule has 0 bridgehead atoms. The van der Waals surface area contributed by atoms with Gasteiger partial charge in [0.15, 0.2) is 0 Å². The van der Waals surface area contributed by atoms with Gasteiger partial charge >= 0.3 is 0 Å². The molecule has 2 aromatic rings. The zero-order valence-electron chi connectivity index (χ0n) is 11.4. The third kappa shape index (κ3) is 3.27. The molecular formula is C13H16ClN5O. The van der Waals surface area contributed by atoms with Crippen LogP contribution in [0.1, 0.15) is 23.1 Å². The van der Waals surface area contributed by atoms with E-state index >= 15 is 0 Å². The molecule has 0 unspecified atom stereocenters. The van der Waals surface area contributed by atoms with Crippen molar-refractivity contribution in [3.05, 3.63) is 41.1 Å². The number of amides is 1. The molecule has 0 saturated heterocycles. The highest BCUT2D eigenvalue weighted by atomic mass is 35.5. The van der Waals surface area contributed by atoms with E-state index in [1.54, 1.807) is 12.3 Å². The number of carbonyl (C=O) groups is 1. The summed E-state index contributed by atoms with van der Waals surface area (Å²) in [7, 11) is 1.87. The zero-order valence-corrected chi connectivity index (χ0v) is 12.1. The predicted octanol–water partition coefficient (Wildman–Crippen LogP) is 1.83. The second-order valence-corrected chi connectivity index (χ2v) is 4.62. The monoisotopic (exact) mass is 293 g/mol. The Labute approximate surface area is 122 Å². The number of hydrogen-bond donors (Lipinski definition) is 2. The molecule has 6 nitrogen and oxygen atoms in total. The summed E-state index contributed by atoms with van der Waals surface area (Å²) in [6.45, 7) is 3.03. The number of imidazole rings is 1. The summed E-state index contributed by atoms with van der Waals surface area (Å²) in [5.41, 5.74) is 0.395. The second-order valence-electron chi connectivity index (χ2n) is 4.22. The smallest absolute Gasteiger partial charge is 0.253 e. The normalized spacial score (nSPS) is 10.3. The lowest BCUT2D eigenvalue weighted by molar-refractivity contribution is 0.0949. The van der Waals surface area contributed by atoms with Crippen molar-refractivity contribution in [1.82, 2.24) is 19.9 Å². The molecule has 0 spiro atoms. The van der Waals surface area contributed by atoms with Crippen molar-refractivity contribution < 1.29 is 4.79 Å². The van der Waals surface area contributed by atoms with Crippen LogP contribution in [0.25, 0.3) is 0 Å². The highest BCUT2D eigenvalue weighted by Crippen LogP contribution is 2.18. The van der Waals surface area contributed by atoms with Crippen molar-refractivity contribution in [2.45, 2.75) is 13.5 Å². The van der Waals surface area contributed by atoms with E-state index < -0.39 is 0 Å². The Morgan fingerprint density at radius 3 is 2.90 bits per heavy atom. The van der Waals surface area contributed by atoms with Crippen LogP contribution in [0.3, 0.4) is 0 Å². The molecule has 0 aliphatic carbocycles. The van der Waals surface area contributed by atoms with Gasteiger partial charge in [-0.25, -0.2) is 9.97 Å². The maximum absolute atomic E-state index is 12.1. The molecule has 2 N–H and O–H groups in total. The van der Waals surface area contributed by atoms with Crippen LogP contribution >= 0.6 is 11.6 Å². The fourth-order valence-corrected chi connectivity index (χ4v) is 1.90. The Morgan fingerprint density at radius 1 is 1.45 bits per heavy atom. The summed E-state index contributed by atoms with van der Waals surface area (Å²) in [6, 6.07) is 1.64. The fraction of sp³-hybridized carbons (Fsp3) is 0.308.